The summed E-state index contributed by atoms with van der Waals surface area (Å²) in [4.78, 5) is 2.46. The molecule has 2 nitrogen and oxygen atoms in total. The highest BCUT2D eigenvalue weighted by Crippen LogP contribution is 2.03. The minimum absolute atomic E-state index is 0. The van der Waals surface area contributed by atoms with Crippen molar-refractivity contribution in [3.8, 4) is 0 Å². The molecule has 0 fully saturated rings. The van der Waals surface area contributed by atoms with Crippen molar-refractivity contribution >= 4 is 24.8 Å². The van der Waals surface area contributed by atoms with Gasteiger partial charge in [-0.05, 0) is 38.9 Å². The van der Waals surface area contributed by atoms with Crippen LogP contribution in [0.4, 0.5) is 0 Å². The molecular formula is C11H28Cl2N2. The number of nitrogens with two attached hydrogens (primary N) is 1. The Hall–Kier alpha value is 0.500. The van der Waals surface area contributed by atoms with E-state index in [0.717, 1.165) is 0 Å². The molecule has 0 saturated carbocycles. The topological polar surface area (TPSA) is 29.3 Å². The van der Waals surface area contributed by atoms with E-state index in [1.165, 1.54) is 45.3 Å². The summed E-state index contributed by atoms with van der Waals surface area (Å²) in [6, 6.07) is 0.431. The molecule has 0 aromatic carbocycles. The molecule has 1 atom stereocenters. The molecule has 4 heteroatoms. The lowest BCUT2D eigenvalue weighted by Crippen LogP contribution is -2.26. The van der Waals surface area contributed by atoms with E-state index in [-0.39, 0.29) is 24.8 Å². The lowest BCUT2D eigenvalue weighted by atomic mass is 10.1. The Bertz CT molecular complexity index is 109. The maximum Gasteiger partial charge on any atom is 0.00392 e. The first-order valence-corrected chi connectivity index (χ1v) is 5.72. The largest absolute Gasteiger partial charge is 0.328 e. The van der Waals surface area contributed by atoms with E-state index in [4.69, 9.17) is 5.73 Å². The van der Waals surface area contributed by atoms with Gasteiger partial charge in [0.15, 0.2) is 0 Å². The minimum Gasteiger partial charge on any atom is -0.328 e. The van der Waals surface area contributed by atoms with Crippen molar-refractivity contribution in [1.82, 2.24) is 4.90 Å². The minimum atomic E-state index is 0. The standard InChI is InChI=1S/C11H26N2.2ClH/c1-4-8-11(12)9-7-10-13(5-2)6-3;;/h11H,4-10,12H2,1-3H3;2*1H/t11-;;/m0../s1. The Morgan fingerprint density at radius 1 is 1.00 bits per heavy atom. The normalized spacial score (nSPS) is 11.8. The predicted octanol–water partition coefficient (Wildman–Crippen LogP) is 3.08. The van der Waals surface area contributed by atoms with E-state index in [2.05, 4.69) is 25.7 Å². The quantitative estimate of drug-likeness (QED) is 0.725. The van der Waals surface area contributed by atoms with Gasteiger partial charge in [0, 0.05) is 6.04 Å². The highest BCUT2D eigenvalue weighted by Gasteiger charge is 2.02. The maximum atomic E-state index is 5.93. The Balaban J connectivity index is -0.000000720. The zero-order valence-corrected chi connectivity index (χ0v) is 12.0. The molecule has 0 amide bonds. The van der Waals surface area contributed by atoms with Crippen LogP contribution in [0.1, 0.15) is 46.5 Å². The first kappa shape index (κ1) is 20.9. The third-order valence-electron chi connectivity index (χ3n) is 2.60. The lowest BCUT2D eigenvalue weighted by Gasteiger charge is -2.18. The van der Waals surface area contributed by atoms with Gasteiger partial charge in [0.2, 0.25) is 0 Å². The SMILES string of the molecule is CCC[C@H](N)CCCN(CC)CC.Cl.Cl. The summed E-state index contributed by atoms with van der Waals surface area (Å²) in [6.07, 6.45) is 4.83. The van der Waals surface area contributed by atoms with Gasteiger partial charge in [-0.15, -0.1) is 24.8 Å². The third kappa shape index (κ3) is 12.4. The van der Waals surface area contributed by atoms with E-state index in [9.17, 15) is 0 Å². The highest BCUT2D eigenvalue weighted by molar-refractivity contribution is 5.85. The Kier molecular flexibility index (Phi) is 20.2. The molecule has 0 heterocycles. The van der Waals surface area contributed by atoms with Gasteiger partial charge in [-0.1, -0.05) is 27.2 Å². The van der Waals surface area contributed by atoms with Crippen molar-refractivity contribution in [1.29, 1.82) is 0 Å². The van der Waals surface area contributed by atoms with Crippen LogP contribution in [0.5, 0.6) is 0 Å². The van der Waals surface area contributed by atoms with Gasteiger partial charge in [0.05, 0.1) is 0 Å². The van der Waals surface area contributed by atoms with Gasteiger partial charge in [0.1, 0.15) is 0 Å². The first-order chi connectivity index (χ1) is 6.24. The number of hydrogen-bond acceptors (Lipinski definition) is 2. The monoisotopic (exact) mass is 258 g/mol. The fraction of sp³-hybridized carbons (Fsp3) is 1.00. The molecule has 0 unspecified atom stereocenters. The summed E-state index contributed by atoms with van der Waals surface area (Å²) >= 11 is 0. The molecule has 0 aromatic heterocycles. The van der Waals surface area contributed by atoms with Crippen molar-refractivity contribution in [2.75, 3.05) is 19.6 Å². The number of halogens is 2. The average Bonchev–Trinajstić information content (AvgIpc) is 2.13. The van der Waals surface area contributed by atoms with Gasteiger partial charge < -0.3 is 10.6 Å². The molecule has 0 bridgehead atoms. The predicted molar refractivity (Wildman–Crippen MR) is 74.4 cm³/mol. The van der Waals surface area contributed by atoms with Crippen LogP contribution in [0.3, 0.4) is 0 Å². The van der Waals surface area contributed by atoms with Gasteiger partial charge in [-0.25, -0.2) is 0 Å². The highest BCUT2D eigenvalue weighted by atomic mass is 35.5. The smallest absolute Gasteiger partial charge is 0.00392 e. The first-order valence-electron chi connectivity index (χ1n) is 5.72. The zero-order valence-electron chi connectivity index (χ0n) is 10.4. The second-order valence-corrected chi connectivity index (χ2v) is 3.72. The Morgan fingerprint density at radius 3 is 1.93 bits per heavy atom. The Morgan fingerprint density at radius 2 is 1.53 bits per heavy atom. The molecule has 0 aliphatic carbocycles. The number of rotatable bonds is 8. The molecule has 96 valence electrons. The summed E-state index contributed by atoms with van der Waals surface area (Å²) in [6.45, 7) is 10.2. The maximum absolute atomic E-state index is 5.93. The summed E-state index contributed by atoms with van der Waals surface area (Å²) in [5.41, 5.74) is 5.93. The van der Waals surface area contributed by atoms with Gasteiger partial charge in [0.25, 0.3) is 0 Å². The van der Waals surface area contributed by atoms with Crippen molar-refractivity contribution in [2.45, 2.75) is 52.5 Å². The van der Waals surface area contributed by atoms with E-state index in [1.807, 2.05) is 0 Å². The van der Waals surface area contributed by atoms with Crippen molar-refractivity contribution in [3.63, 3.8) is 0 Å². The number of nitrogens with zero attached hydrogens (tertiary/aromatic N) is 1. The number of hydrogen-bond donors (Lipinski definition) is 1. The molecule has 0 spiro atoms. The fourth-order valence-electron chi connectivity index (χ4n) is 1.63. The van der Waals surface area contributed by atoms with Gasteiger partial charge in [-0.2, -0.15) is 0 Å². The van der Waals surface area contributed by atoms with E-state index in [0.29, 0.717) is 6.04 Å². The van der Waals surface area contributed by atoms with Gasteiger partial charge >= 0.3 is 0 Å². The molecule has 0 saturated heterocycles. The van der Waals surface area contributed by atoms with Crippen LogP contribution in [0.2, 0.25) is 0 Å². The Labute approximate surface area is 108 Å². The van der Waals surface area contributed by atoms with Crippen LogP contribution >= 0.6 is 24.8 Å². The third-order valence-corrected chi connectivity index (χ3v) is 2.60. The summed E-state index contributed by atoms with van der Waals surface area (Å²) in [7, 11) is 0. The molecule has 0 rings (SSSR count). The molecular weight excluding hydrogens is 231 g/mol. The molecule has 15 heavy (non-hydrogen) atoms. The molecule has 0 aromatic rings. The van der Waals surface area contributed by atoms with E-state index >= 15 is 0 Å². The van der Waals surface area contributed by atoms with Crippen molar-refractivity contribution in [3.05, 3.63) is 0 Å². The summed E-state index contributed by atoms with van der Waals surface area (Å²) in [5, 5.41) is 0. The van der Waals surface area contributed by atoms with Crippen LogP contribution in [-0.4, -0.2) is 30.6 Å². The van der Waals surface area contributed by atoms with Crippen LogP contribution in [0.25, 0.3) is 0 Å². The fourth-order valence-corrected chi connectivity index (χ4v) is 1.63. The molecule has 0 radical (unpaired) electrons. The zero-order chi connectivity index (χ0) is 10.1. The average molecular weight is 259 g/mol. The van der Waals surface area contributed by atoms with Crippen LogP contribution in [0, 0.1) is 0 Å². The lowest BCUT2D eigenvalue weighted by molar-refractivity contribution is 0.292. The molecule has 2 N–H and O–H groups in total. The van der Waals surface area contributed by atoms with Gasteiger partial charge in [-0.3, -0.25) is 0 Å². The second-order valence-electron chi connectivity index (χ2n) is 3.72. The molecule has 0 aliphatic heterocycles. The summed E-state index contributed by atoms with van der Waals surface area (Å²) in [5.74, 6) is 0. The van der Waals surface area contributed by atoms with E-state index in [1.54, 1.807) is 0 Å². The van der Waals surface area contributed by atoms with Crippen LogP contribution < -0.4 is 5.73 Å². The molecule has 0 aliphatic rings. The van der Waals surface area contributed by atoms with Crippen molar-refractivity contribution in [2.24, 2.45) is 5.73 Å². The summed E-state index contributed by atoms with van der Waals surface area (Å²) < 4.78 is 0. The van der Waals surface area contributed by atoms with E-state index < -0.39 is 0 Å². The van der Waals surface area contributed by atoms with Crippen LogP contribution in [-0.2, 0) is 0 Å². The second kappa shape index (κ2) is 14.5. The van der Waals surface area contributed by atoms with Crippen molar-refractivity contribution < 1.29 is 0 Å². The van der Waals surface area contributed by atoms with Crippen LogP contribution in [0.15, 0.2) is 0 Å².